The van der Waals surface area contributed by atoms with Crippen LogP contribution in [-0.2, 0) is 4.74 Å². The molecule has 0 aromatic carbocycles. The summed E-state index contributed by atoms with van der Waals surface area (Å²) in [6.07, 6.45) is 0.278. The van der Waals surface area contributed by atoms with Gasteiger partial charge in [-0.05, 0) is 46.1 Å². The Kier molecular flexibility index (Phi) is 9.02. The standard InChI is InChI=1S/C20H37N5OS/c1-6-21-19(22-9-10-24-20(3,4)5)23-14-17(18-8-7-13-27-18)25-11-12-26-16(2)15-25/h7-8,13,16-17,24H,6,9-12,14-15H2,1-5H3,(H2,21,22,23). The molecule has 2 heterocycles. The van der Waals surface area contributed by atoms with Crippen molar-refractivity contribution in [3.8, 4) is 0 Å². The number of thiophene rings is 1. The fraction of sp³-hybridized carbons (Fsp3) is 0.750. The predicted octanol–water partition coefficient (Wildman–Crippen LogP) is 2.45. The summed E-state index contributed by atoms with van der Waals surface area (Å²) in [5.74, 6) is 0.885. The Morgan fingerprint density at radius 1 is 1.37 bits per heavy atom. The van der Waals surface area contributed by atoms with E-state index in [1.54, 1.807) is 0 Å². The maximum atomic E-state index is 5.73. The molecule has 6 nitrogen and oxygen atoms in total. The number of ether oxygens (including phenoxy) is 1. The van der Waals surface area contributed by atoms with Gasteiger partial charge in [0, 0.05) is 43.1 Å². The van der Waals surface area contributed by atoms with E-state index in [4.69, 9.17) is 9.73 Å². The lowest BCUT2D eigenvalue weighted by Crippen LogP contribution is -2.46. The molecule has 1 aromatic heterocycles. The predicted molar refractivity (Wildman–Crippen MR) is 116 cm³/mol. The van der Waals surface area contributed by atoms with E-state index in [1.165, 1.54) is 4.88 Å². The number of guanidine groups is 1. The molecular formula is C20H37N5OS. The van der Waals surface area contributed by atoms with E-state index >= 15 is 0 Å². The third-order valence-corrected chi connectivity index (χ3v) is 5.40. The van der Waals surface area contributed by atoms with Gasteiger partial charge in [0.25, 0.3) is 0 Å². The average molecular weight is 396 g/mol. The maximum absolute atomic E-state index is 5.73. The molecule has 3 N–H and O–H groups in total. The zero-order valence-electron chi connectivity index (χ0n) is 17.5. The smallest absolute Gasteiger partial charge is 0.191 e. The Morgan fingerprint density at radius 2 is 2.19 bits per heavy atom. The molecule has 154 valence electrons. The monoisotopic (exact) mass is 395 g/mol. The lowest BCUT2D eigenvalue weighted by molar-refractivity contribution is -0.0327. The van der Waals surface area contributed by atoms with Crippen LogP contribution in [0.15, 0.2) is 22.5 Å². The highest BCUT2D eigenvalue weighted by atomic mass is 32.1. The zero-order chi connectivity index (χ0) is 19.7. The van der Waals surface area contributed by atoms with Crippen molar-refractivity contribution in [3.05, 3.63) is 22.4 Å². The summed E-state index contributed by atoms with van der Waals surface area (Å²) in [6.45, 7) is 16.9. The van der Waals surface area contributed by atoms with Crippen LogP contribution >= 0.6 is 11.3 Å². The van der Waals surface area contributed by atoms with Crippen LogP contribution in [-0.4, -0.2) is 68.4 Å². The van der Waals surface area contributed by atoms with Gasteiger partial charge in [0.2, 0.25) is 0 Å². The van der Waals surface area contributed by atoms with Crippen molar-refractivity contribution in [3.63, 3.8) is 0 Å². The molecule has 1 aliphatic heterocycles. The fourth-order valence-corrected chi connectivity index (χ4v) is 3.98. The Balaban J connectivity index is 1.98. The summed E-state index contributed by atoms with van der Waals surface area (Å²) >= 11 is 1.81. The van der Waals surface area contributed by atoms with E-state index in [-0.39, 0.29) is 11.6 Å². The van der Waals surface area contributed by atoms with Gasteiger partial charge in [-0.2, -0.15) is 0 Å². The summed E-state index contributed by atoms with van der Waals surface area (Å²) in [7, 11) is 0. The number of morpholine rings is 1. The Morgan fingerprint density at radius 3 is 2.81 bits per heavy atom. The molecule has 1 aliphatic rings. The van der Waals surface area contributed by atoms with Gasteiger partial charge in [0.05, 0.1) is 25.3 Å². The molecule has 1 saturated heterocycles. The summed E-state index contributed by atoms with van der Waals surface area (Å²) in [6, 6.07) is 4.65. The number of nitrogens with one attached hydrogen (secondary N) is 3. The van der Waals surface area contributed by atoms with Crippen molar-refractivity contribution in [2.45, 2.75) is 52.3 Å². The lowest BCUT2D eigenvalue weighted by atomic mass is 10.1. The molecule has 0 spiro atoms. The molecule has 2 rings (SSSR count). The molecule has 0 amide bonds. The summed E-state index contributed by atoms with van der Waals surface area (Å²) in [4.78, 5) is 8.78. The first kappa shape index (κ1) is 22.1. The van der Waals surface area contributed by atoms with Crippen molar-refractivity contribution >= 4 is 17.3 Å². The Hall–Kier alpha value is -1.15. The van der Waals surface area contributed by atoms with Crippen LogP contribution in [0.3, 0.4) is 0 Å². The fourth-order valence-electron chi connectivity index (χ4n) is 3.13. The van der Waals surface area contributed by atoms with E-state index in [1.807, 2.05) is 11.3 Å². The normalized spacial score (nSPS) is 20.5. The molecule has 2 atom stereocenters. The number of rotatable bonds is 8. The molecule has 2 unspecified atom stereocenters. The van der Waals surface area contributed by atoms with Crippen LogP contribution in [0.25, 0.3) is 0 Å². The minimum Gasteiger partial charge on any atom is -0.376 e. The third-order valence-electron chi connectivity index (χ3n) is 4.42. The molecule has 0 aliphatic carbocycles. The van der Waals surface area contributed by atoms with Gasteiger partial charge in [-0.15, -0.1) is 11.3 Å². The second kappa shape index (κ2) is 11.0. The Bertz CT molecular complexity index is 555. The van der Waals surface area contributed by atoms with Crippen LogP contribution in [0, 0.1) is 0 Å². The van der Waals surface area contributed by atoms with Crippen LogP contribution in [0.4, 0.5) is 0 Å². The topological polar surface area (TPSA) is 60.9 Å². The number of aliphatic imine (C=N–C) groups is 1. The molecule has 27 heavy (non-hydrogen) atoms. The van der Waals surface area contributed by atoms with Gasteiger partial charge in [0.1, 0.15) is 0 Å². The zero-order valence-corrected chi connectivity index (χ0v) is 18.4. The quantitative estimate of drug-likeness (QED) is 0.359. The van der Waals surface area contributed by atoms with Gasteiger partial charge in [0.15, 0.2) is 5.96 Å². The number of hydrogen-bond acceptors (Lipinski definition) is 5. The lowest BCUT2D eigenvalue weighted by Gasteiger charge is -2.36. The highest BCUT2D eigenvalue weighted by molar-refractivity contribution is 7.10. The molecule has 7 heteroatoms. The largest absolute Gasteiger partial charge is 0.376 e. The number of hydrogen-bond donors (Lipinski definition) is 3. The van der Waals surface area contributed by atoms with E-state index in [2.05, 4.69) is 73.0 Å². The van der Waals surface area contributed by atoms with Gasteiger partial charge < -0.3 is 20.7 Å². The first-order valence-corrected chi connectivity index (χ1v) is 10.9. The van der Waals surface area contributed by atoms with Crippen molar-refractivity contribution < 1.29 is 4.74 Å². The second-order valence-corrected chi connectivity index (χ2v) is 9.01. The third kappa shape index (κ3) is 8.17. The first-order chi connectivity index (χ1) is 12.9. The summed E-state index contributed by atoms with van der Waals surface area (Å²) in [5, 5.41) is 12.5. The van der Waals surface area contributed by atoms with Crippen LogP contribution in [0.5, 0.6) is 0 Å². The van der Waals surface area contributed by atoms with Crippen molar-refractivity contribution in [1.82, 2.24) is 20.9 Å². The van der Waals surface area contributed by atoms with Crippen LogP contribution in [0.2, 0.25) is 0 Å². The van der Waals surface area contributed by atoms with Crippen molar-refractivity contribution in [1.29, 1.82) is 0 Å². The Labute approximate surface area is 168 Å². The molecule has 1 aromatic rings. The van der Waals surface area contributed by atoms with Gasteiger partial charge >= 0.3 is 0 Å². The molecule has 0 bridgehead atoms. The molecule has 0 saturated carbocycles. The first-order valence-electron chi connectivity index (χ1n) is 10.1. The second-order valence-electron chi connectivity index (χ2n) is 8.03. The molecule has 0 radical (unpaired) electrons. The van der Waals surface area contributed by atoms with Crippen LogP contribution < -0.4 is 16.0 Å². The molecule has 1 fully saturated rings. The van der Waals surface area contributed by atoms with Gasteiger partial charge in [-0.25, -0.2) is 0 Å². The van der Waals surface area contributed by atoms with Gasteiger partial charge in [-0.1, -0.05) is 6.07 Å². The van der Waals surface area contributed by atoms with Crippen LogP contribution in [0.1, 0.15) is 45.5 Å². The van der Waals surface area contributed by atoms with Crippen molar-refractivity contribution in [2.75, 3.05) is 45.9 Å². The highest BCUT2D eigenvalue weighted by Gasteiger charge is 2.26. The van der Waals surface area contributed by atoms with E-state index in [0.717, 1.165) is 51.8 Å². The van der Waals surface area contributed by atoms with Crippen molar-refractivity contribution in [2.24, 2.45) is 4.99 Å². The van der Waals surface area contributed by atoms with Gasteiger partial charge in [-0.3, -0.25) is 9.89 Å². The maximum Gasteiger partial charge on any atom is 0.191 e. The van der Waals surface area contributed by atoms with E-state index < -0.39 is 0 Å². The molecular weight excluding hydrogens is 358 g/mol. The summed E-state index contributed by atoms with van der Waals surface area (Å²) in [5.41, 5.74) is 0.133. The minimum absolute atomic E-state index is 0.133. The minimum atomic E-state index is 0.133. The number of nitrogens with zero attached hydrogens (tertiary/aromatic N) is 2. The average Bonchev–Trinajstić information content (AvgIpc) is 3.12. The van der Waals surface area contributed by atoms with E-state index in [9.17, 15) is 0 Å². The SMILES string of the molecule is CCNC(=NCC(c1cccs1)N1CCOC(C)C1)NCCNC(C)(C)C. The van der Waals surface area contributed by atoms with E-state index in [0.29, 0.717) is 6.04 Å². The summed E-state index contributed by atoms with van der Waals surface area (Å²) < 4.78 is 5.73. The highest BCUT2D eigenvalue weighted by Crippen LogP contribution is 2.27.